The van der Waals surface area contributed by atoms with Crippen LogP contribution in [0.4, 0.5) is 0 Å². The number of hydrogen-bond donors (Lipinski definition) is 1. The molecule has 0 aliphatic heterocycles. The minimum Gasteiger partial charge on any atom is -0.388 e. The van der Waals surface area contributed by atoms with E-state index in [4.69, 9.17) is 0 Å². The third-order valence-corrected chi connectivity index (χ3v) is 5.24. The first kappa shape index (κ1) is 18.8. The van der Waals surface area contributed by atoms with Gasteiger partial charge in [0.25, 0.3) is 0 Å². The molecular formula is C21H26O2S. The summed E-state index contributed by atoms with van der Waals surface area (Å²) in [5.41, 5.74) is 5.23. The highest BCUT2D eigenvalue weighted by molar-refractivity contribution is 8.14. The molecule has 0 heterocycles. The van der Waals surface area contributed by atoms with Gasteiger partial charge in [0.2, 0.25) is 5.12 Å². The summed E-state index contributed by atoms with van der Waals surface area (Å²) in [7, 11) is 0. The van der Waals surface area contributed by atoms with Crippen LogP contribution in [0.3, 0.4) is 0 Å². The molecule has 0 spiro atoms. The SMILES string of the molecule is CCc1cc(CC)c(C(=O)SCC(O)c2ccccc2)c(CC)c1. The third-order valence-electron chi connectivity index (χ3n) is 4.29. The zero-order chi connectivity index (χ0) is 17.5. The van der Waals surface area contributed by atoms with E-state index in [9.17, 15) is 9.90 Å². The van der Waals surface area contributed by atoms with Crippen molar-refractivity contribution in [3.63, 3.8) is 0 Å². The van der Waals surface area contributed by atoms with Gasteiger partial charge in [0.05, 0.1) is 6.10 Å². The number of aliphatic hydroxyl groups is 1. The number of rotatable bonds is 7. The maximum absolute atomic E-state index is 12.8. The first-order valence-corrected chi connectivity index (χ1v) is 9.64. The quantitative estimate of drug-likeness (QED) is 0.771. The summed E-state index contributed by atoms with van der Waals surface area (Å²) in [5, 5.41) is 10.3. The van der Waals surface area contributed by atoms with Gasteiger partial charge in [-0.05, 0) is 41.5 Å². The van der Waals surface area contributed by atoms with E-state index in [1.54, 1.807) is 0 Å². The van der Waals surface area contributed by atoms with Crippen LogP contribution in [0.2, 0.25) is 0 Å². The molecule has 0 radical (unpaired) electrons. The van der Waals surface area contributed by atoms with Crippen LogP contribution in [0.1, 0.15) is 59.5 Å². The van der Waals surface area contributed by atoms with Crippen molar-refractivity contribution < 1.29 is 9.90 Å². The molecule has 1 atom stereocenters. The van der Waals surface area contributed by atoms with Crippen LogP contribution in [-0.4, -0.2) is 16.0 Å². The van der Waals surface area contributed by atoms with Gasteiger partial charge in [0, 0.05) is 11.3 Å². The molecule has 0 amide bonds. The Balaban J connectivity index is 2.17. The molecule has 3 heteroatoms. The molecule has 24 heavy (non-hydrogen) atoms. The summed E-state index contributed by atoms with van der Waals surface area (Å²) >= 11 is 1.22. The van der Waals surface area contributed by atoms with E-state index in [0.29, 0.717) is 5.75 Å². The molecule has 2 aromatic rings. The number of carbonyl (C=O) groups is 1. The molecule has 1 N–H and O–H groups in total. The maximum atomic E-state index is 12.8. The second-order valence-electron chi connectivity index (χ2n) is 5.87. The number of benzene rings is 2. The summed E-state index contributed by atoms with van der Waals surface area (Å²) < 4.78 is 0. The van der Waals surface area contributed by atoms with Crippen molar-refractivity contribution in [1.82, 2.24) is 0 Å². The fraction of sp³-hybridized carbons (Fsp3) is 0.381. The summed E-state index contributed by atoms with van der Waals surface area (Å²) in [5.74, 6) is 0.380. The van der Waals surface area contributed by atoms with Crippen molar-refractivity contribution in [3.8, 4) is 0 Å². The van der Waals surface area contributed by atoms with Gasteiger partial charge in [0.1, 0.15) is 0 Å². The molecular weight excluding hydrogens is 316 g/mol. The predicted molar refractivity (Wildman–Crippen MR) is 103 cm³/mol. The molecule has 0 saturated carbocycles. The number of aliphatic hydroxyl groups excluding tert-OH is 1. The second kappa shape index (κ2) is 9.05. The van der Waals surface area contributed by atoms with E-state index in [1.807, 2.05) is 30.3 Å². The molecule has 0 aromatic heterocycles. The minimum atomic E-state index is -0.620. The zero-order valence-electron chi connectivity index (χ0n) is 14.7. The highest BCUT2D eigenvalue weighted by atomic mass is 32.2. The lowest BCUT2D eigenvalue weighted by Crippen LogP contribution is -2.09. The van der Waals surface area contributed by atoms with E-state index in [1.165, 1.54) is 17.3 Å². The fourth-order valence-electron chi connectivity index (χ4n) is 2.86. The highest BCUT2D eigenvalue weighted by Gasteiger charge is 2.18. The average Bonchev–Trinajstić information content (AvgIpc) is 2.65. The number of thioether (sulfide) groups is 1. The highest BCUT2D eigenvalue weighted by Crippen LogP contribution is 2.27. The van der Waals surface area contributed by atoms with Crippen molar-refractivity contribution in [2.24, 2.45) is 0 Å². The Bertz CT molecular complexity index is 654. The largest absolute Gasteiger partial charge is 0.388 e. The molecule has 2 nitrogen and oxygen atoms in total. The van der Waals surface area contributed by atoms with E-state index in [0.717, 1.165) is 41.5 Å². The van der Waals surface area contributed by atoms with Gasteiger partial charge < -0.3 is 5.11 Å². The first-order valence-electron chi connectivity index (χ1n) is 8.65. The van der Waals surface area contributed by atoms with Crippen LogP contribution in [-0.2, 0) is 19.3 Å². The number of hydrogen-bond acceptors (Lipinski definition) is 3. The fourth-order valence-corrected chi connectivity index (χ4v) is 3.77. The van der Waals surface area contributed by atoms with Gasteiger partial charge in [-0.2, -0.15) is 0 Å². The smallest absolute Gasteiger partial charge is 0.220 e. The standard InChI is InChI=1S/C21H26O2S/c1-4-15-12-16(5-2)20(17(6-3)13-15)21(23)24-14-19(22)18-10-8-7-9-11-18/h7-13,19,22H,4-6,14H2,1-3H3. The molecule has 0 aliphatic carbocycles. The summed E-state index contributed by atoms with van der Waals surface area (Å²) in [4.78, 5) is 12.8. The topological polar surface area (TPSA) is 37.3 Å². The van der Waals surface area contributed by atoms with Gasteiger partial charge in [0.15, 0.2) is 0 Å². The Kier molecular flexibility index (Phi) is 7.07. The lowest BCUT2D eigenvalue weighted by atomic mass is 9.94. The van der Waals surface area contributed by atoms with E-state index < -0.39 is 6.10 Å². The van der Waals surface area contributed by atoms with Gasteiger partial charge in [-0.3, -0.25) is 4.79 Å². The van der Waals surface area contributed by atoms with Crippen molar-refractivity contribution >= 4 is 16.9 Å². The van der Waals surface area contributed by atoms with Crippen LogP contribution in [0, 0.1) is 0 Å². The molecule has 1 unspecified atom stereocenters. The monoisotopic (exact) mass is 342 g/mol. The van der Waals surface area contributed by atoms with Crippen molar-refractivity contribution in [2.75, 3.05) is 5.75 Å². The molecule has 0 bridgehead atoms. The van der Waals surface area contributed by atoms with Crippen LogP contribution in [0.5, 0.6) is 0 Å². The normalized spacial score (nSPS) is 12.2. The summed E-state index contributed by atoms with van der Waals surface area (Å²) in [6.07, 6.45) is 2.06. The Hall–Kier alpha value is -1.58. The summed E-state index contributed by atoms with van der Waals surface area (Å²) in [6, 6.07) is 13.8. The average molecular weight is 343 g/mol. The van der Waals surface area contributed by atoms with Gasteiger partial charge >= 0.3 is 0 Å². The minimum absolute atomic E-state index is 0.0707. The Morgan fingerprint density at radius 1 is 1.00 bits per heavy atom. The third kappa shape index (κ3) is 4.49. The van der Waals surface area contributed by atoms with Crippen molar-refractivity contribution in [1.29, 1.82) is 0 Å². The van der Waals surface area contributed by atoms with Crippen molar-refractivity contribution in [3.05, 3.63) is 70.3 Å². The first-order chi connectivity index (χ1) is 11.6. The van der Waals surface area contributed by atoms with Gasteiger partial charge in [-0.1, -0.05) is 75.0 Å². The molecule has 128 valence electrons. The zero-order valence-corrected chi connectivity index (χ0v) is 15.5. The molecule has 2 aromatic carbocycles. The lowest BCUT2D eigenvalue weighted by Gasteiger charge is -2.15. The van der Waals surface area contributed by atoms with Gasteiger partial charge in [-0.25, -0.2) is 0 Å². The molecule has 0 saturated heterocycles. The molecule has 0 aliphatic rings. The van der Waals surface area contributed by atoms with Crippen LogP contribution < -0.4 is 0 Å². The Morgan fingerprint density at radius 3 is 2.08 bits per heavy atom. The van der Waals surface area contributed by atoms with Gasteiger partial charge in [-0.15, -0.1) is 0 Å². The van der Waals surface area contributed by atoms with E-state index in [-0.39, 0.29) is 5.12 Å². The number of aryl methyl sites for hydroxylation is 3. The Morgan fingerprint density at radius 2 is 1.58 bits per heavy atom. The van der Waals surface area contributed by atoms with Crippen LogP contribution in [0.15, 0.2) is 42.5 Å². The van der Waals surface area contributed by atoms with E-state index >= 15 is 0 Å². The molecule has 2 rings (SSSR count). The Labute approximate surface area is 149 Å². The predicted octanol–water partition coefficient (Wildman–Crippen LogP) is 4.98. The summed E-state index contributed by atoms with van der Waals surface area (Å²) in [6.45, 7) is 6.32. The van der Waals surface area contributed by atoms with E-state index in [2.05, 4.69) is 32.9 Å². The van der Waals surface area contributed by atoms with Crippen LogP contribution >= 0.6 is 11.8 Å². The maximum Gasteiger partial charge on any atom is 0.220 e. The molecule has 0 fully saturated rings. The second-order valence-corrected chi connectivity index (χ2v) is 6.87. The van der Waals surface area contributed by atoms with Crippen LogP contribution in [0.25, 0.3) is 0 Å². The lowest BCUT2D eigenvalue weighted by molar-refractivity contribution is 0.108. The number of carbonyl (C=O) groups excluding carboxylic acids is 1. The van der Waals surface area contributed by atoms with Crippen molar-refractivity contribution in [2.45, 2.75) is 46.1 Å².